The van der Waals surface area contributed by atoms with E-state index >= 15 is 0 Å². The van der Waals surface area contributed by atoms with Crippen LogP contribution in [-0.2, 0) is 6.42 Å². The monoisotopic (exact) mass is 438 g/mol. The van der Waals surface area contributed by atoms with Crippen LogP contribution in [0.5, 0.6) is 5.75 Å². The third kappa shape index (κ3) is 3.93. The first-order valence-electron chi connectivity index (χ1n) is 12.6. The Bertz CT molecular complexity index is 1100. The zero-order valence-electron chi connectivity index (χ0n) is 19.3. The number of aryl methyl sites for hydroxylation is 1. The molecule has 0 radical (unpaired) electrons. The van der Waals surface area contributed by atoms with E-state index in [4.69, 9.17) is 0 Å². The molecule has 0 aromatic heterocycles. The summed E-state index contributed by atoms with van der Waals surface area (Å²) >= 11 is 0. The highest BCUT2D eigenvalue weighted by molar-refractivity contribution is 5.53. The standard InChI is InChI=1S/C30H34N2O/c33-26-12-14-28-24(19-26)9-13-27(22-5-2-1-3-6-22)29(28)23-7-10-25(11-8-23)32-18-16-30(21-32)15-4-17-31-20-30/h1-3,5-8,10-12,14,19,27,29,31,33H,4,9,13,15-18,20-21H2/t27-,29+,30?/m1/s1. The van der Waals surface area contributed by atoms with Gasteiger partial charge in [0, 0.05) is 36.7 Å². The molecule has 1 unspecified atom stereocenters. The van der Waals surface area contributed by atoms with Gasteiger partial charge in [-0.25, -0.2) is 0 Å². The molecule has 33 heavy (non-hydrogen) atoms. The molecular formula is C30H34N2O. The SMILES string of the molecule is Oc1ccc2c(c1)CC[C@H](c1ccccc1)[C@@H]2c1ccc(N2CCC3(CCCNC3)C2)cc1. The topological polar surface area (TPSA) is 35.5 Å². The second-order valence-electron chi connectivity index (χ2n) is 10.5. The van der Waals surface area contributed by atoms with Gasteiger partial charge in [-0.05, 0) is 91.1 Å². The van der Waals surface area contributed by atoms with Crippen molar-refractivity contribution in [3.8, 4) is 5.75 Å². The van der Waals surface area contributed by atoms with Crippen LogP contribution in [0, 0.1) is 5.41 Å². The quantitative estimate of drug-likeness (QED) is 0.540. The number of hydrogen-bond acceptors (Lipinski definition) is 3. The van der Waals surface area contributed by atoms with Gasteiger partial charge < -0.3 is 15.3 Å². The van der Waals surface area contributed by atoms with Crippen molar-refractivity contribution in [3.63, 3.8) is 0 Å². The predicted molar refractivity (Wildman–Crippen MR) is 135 cm³/mol. The van der Waals surface area contributed by atoms with Crippen LogP contribution in [0.4, 0.5) is 5.69 Å². The van der Waals surface area contributed by atoms with Crippen molar-refractivity contribution in [2.24, 2.45) is 5.41 Å². The van der Waals surface area contributed by atoms with E-state index < -0.39 is 0 Å². The van der Waals surface area contributed by atoms with Crippen molar-refractivity contribution in [3.05, 3.63) is 95.1 Å². The minimum absolute atomic E-state index is 0.318. The van der Waals surface area contributed by atoms with Gasteiger partial charge in [-0.15, -0.1) is 0 Å². The Morgan fingerprint density at radius 1 is 0.909 bits per heavy atom. The molecule has 1 spiro atoms. The smallest absolute Gasteiger partial charge is 0.115 e. The van der Waals surface area contributed by atoms with Crippen LogP contribution in [0.3, 0.4) is 0 Å². The minimum Gasteiger partial charge on any atom is -0.508 e. The lowest BCUT2D eigenvalue weighted by atomic mass is 9.69. The van der Waals surface area contributed by atoms with Crippen molar-refractivity contribution in [2.45, 2.75) is 43.9 Å². The van der Waals surface area contributed by atoms with Gasteiger partial charge in [-0.3, -0.25) is 0 Å². The van der Waals surface area contributed by atoms with Gasteiger partial charge in [-0.1, -0.05) is 48.5 Å². The highest BCUT2D eigenvalue weighted by atomic mass is 16.3. The maximum Gasteiger partial charge on any atom is 0.115 e. The van der Waals surface area contributed by atoms with E-state index in [0.717, 1.165) is 12.8 Å². The first kappa shape index (κ1) is 20.8. The maximum atomic E-state index is 10.1. The number of nitrogens with one attached hydrogen (secondary N) is 1. The summed E-state index contributed by atoms with van der Waals surface area (Å²) in [5.41, 5.74) is 7.29. The lowest BCUT2D eigenvalue weighted by Gasteiger charge is -2.35. The molecule has 2 heterocycles. The molecule has 3 heteroatoms. The van der Waals surface area contributed by atoms with Crippen LogP contribution in [0.15, 0.2) is 72.8 Å². The molecule has 3 aromatic carbocycles. The van der Waals surface area contributed by atoms with E-state index in [9.17, 15) is 5.11 Å². The maximum absolute atomic E-state index is 10.1. The molecule has 2 fully saturated rings. The second kappa shape index (κ2) is 8.53. The number of piperidine rings is 1. The van der Waals surface area contributed by atoms with Crippen molar-refractivity contribution in [1.29, 1.82) is 0 Å². The lowest BCUT2D eigenvalue weighted by Crippen LogP contribution is -2.41. The fourth-order valence-corrected chi connectivity index (χ4v) is 6.70. The van der Waals surface area contributed by atoms with Gasteiger partial charge in [0.15, 0.2) is 0 Å². The molecular weight excluding hydrogens is 404 g/mol. The minimum atomic E-state index is 0.318. The lowest BCUT2D eigenvalue weighted by molar-refractivity contribution is 0.239. The van der Waals surface area contributed by atoms with E-state index in [1.165, 1.54) is 73.4 Å². The van der Waals surface area contributed by atoms with Gasteiger partial charge >= 0.3 is 0 Å². The van der Waals surface area contributed by atoms with E-state index in [1.807, 2.05) is 12.1 Å². The van der Waals surface area contributed by atoms with Gasteiger partial charge in [0.2, 0.25) is 0 Å². The number of rotatable bonds is 3. The number of phenolic OH excluding ortho intramolecular Hbond substituents is 1. The summed E-state index contributed by atoms with van der Waals surface area (Å²) in [6.45, 7) is 4.70. The number of benzene rings is 3. The highest BCUT2D eigenvalue weighted by Gasteiger charge is 2.39. The summed E-state index contributed by atoms with van der Waals surface area (Å²) in [6.07, 6.45) is 6.09. The molecule has 3 atom stereocenters. The van der Waals surface area contributed by atoms with E-state index in [-0.39, 0.29) is 0 Å². The normalized spacial score (nSPS) is 27.0. The fraction of sp³-hybridized carbons (Fsp3) is 0.400. The van der Waals surface area contributed by atoms with Gasteiger partial charge in [0.1, 0.15) is 5.75 Å². The molecule has 0 bridgehead atoms. The van der Waals surface area contributed by atoms with Crippen molar-refractivity contribution < 1.29 is 5.11 Å². The molecule has 2 N–H and O–H groups in total. The Hall–Kier alpha value is -2.78. The molecule has 0 saturated carbocycles. The number of aromatic hydroxyl groups is 1. The fourth-order valence-electron chi connectivity index (χ4n) is 6.70. The number of fused-ring (bicyclic) bond motifs is 1. The second-order valence-corrected chi connectivity index (χ2v) is 10.5. The van der Waals surface area contributed by atoms with Crippen LogP contribution < -0.4 is 10.2 Å². The average molecular weight is 439 g/mol. The Labute approximate surface area is 197 Å². The predicted octanol–water partition coefficient (Wildman–Crippen LogP) is 5.83. The van der Waals surface area contributed by atoms with Crippen LogP contribution in [0.2, 0.25) is 0 Å². The Balaban J connectivity index is 1.31. The first-order chi connectivity index (χ1) is 16.2. The molecule has 3 aromatic rings. The Morgan fingerprint density at radius 2 is 1.76 bits per heavy atom. The van der Waals surface area contributed by atoms with Crippen molar-refractivity contribution >= 4 is 5.69 Å². The first-order valence-corrected chi connectivity index (χ1v) is 12.6. The van der Waals surface area contributed by atoms with Crippen LogP contribution in [0.25, 0.3) is 0 Å². The zero-order chi connectivity index (χ0) is 22.3. The van der Waals surface area contributed by atoms with Crippen LogP contribution >= 0.6 is 0 Å². The molecule has 0 amide bonds. The van der Waals surface area contributed by atoms with E-state index in [0.29, 0.717) is 23.0 Å². The van der Waals surface area contributed by atoms with Crippen molar-refractivity contribution in [2.75, 3.05) is 31.1 Å². The Morgan fingerprint density at radius 3 is 2.55 bits per heavy atom. The van der Waals surface area contributed by atoms with Crippen molar-refractivity contribution in [1.82, 2.24) is 5.32 Å². The molecule has 1 aliphatic carbocycles. The summed E-state index contributed by atoms with van der Waals surface area (Å²) < 4.78 is 0. The average Bonchev–Trinajstić information content (AvgIpc) is 3.27. The third-order valence-electron chi connectivity index (χ3n) is 8.43. The Kier molecular flexibility index (Phi) is 5.38. The summed E-state index contributed by atoms with van der Waals surface area (Å²) in [6, 6.07) is 26.4. The summed E-state index contributed by atoms with van der Waals surface area (Å²) in [4.78, 5) is 2.60. The van der Waals surface area contributed by atoms with Gasteiger partial charge in [0.05, 0.1) is 0 Å². The highest BCUT2D eigenvalue weighted by Crippen LogP contribution is 2.47. The van der Waals surface area contributed by atoms with Crippen LogP contribution in [-0.4, -0.2) is 31.3 Å². The summed E-state index contributed by atoms with van der Waals surface area (Å²) in [5.74, 6) is 1.15. The van der Waals surface area contributed by atoms with Gasteiger partial charge in [0.25, 0.3) is 0 Å². The zero-order valence-corrected chi connectivity index (χ0v) is 19.3. The van der Waals surface area contributed by atoms with Crippen LogP contribution in [0.1, 0.15) is 59.8 Å². The number of anilines is 1. The number of phenols is 1. The number of hydrogen-bond donors (Lipinski definition) is 2. The number of nitrogens with zero attached hydrogens (tertiary/aromatic N) is 1. The molecule has 3 aliphatic rings. The molecule has 2 aliphatic heterocycles. The molecule has 6 rings (SSSR count). The molecule has 2 saturated heterocycles. The summed E-state index contributed by atoms with van der Waals surface area (Å²) in [7, 11) is 0. The van der Waals surface area contributed by atoms with Gasteiger partial charge in [-0.2, -0.15) is 0 Å². The van der Waals surface area contributed by atoms with E-state index in [1.54, 1.807) is 0 Å². The largest absolute Gasteiger partial charge is 0.508 e. The third-order valence-corrected chi connectivity index (χ3v) is 8.43. The molecule has 170 valence electrons. The van der Waals surface area contributed by atoms with E-state index in [2.05, 4.69) is 70.9 Å². The summed E-state index contributed by atoms with van der Waals surface area (Å²) in [5, 5.41) is 13.7. The molecule has 3 nitrogen and oxygen atoms in total.